The second kappa shape index (κ2) is 18.8. The maximum absolute atomic E-state index is 3.48. The molecule has 2 nitrogen and oxygen atoms in total. The van der Waals surface area contributed by atoms with Crippen molar-refractivity contribution in [1.29, 1.82) is 0 Å². The number of nitrogens with one attached hydrogen (secondary N) is 1. The molecule has 22 heavy (non-hydrogen) atoms. The summed E-state index contributed by atoms with van der Waals surface area (Å²) in [5, 5.41) is 3.48. The van der Waals surface area contributed by atoms with Crippen molar-refractivity contribution in [2.75, 3.05) is 27.2 Å². The van der Waals surface area contributed by atoms with Gasteiger partial charge in [-0.25, -0.2) is 0 Å². The molecular formula is C18H35KN2Re-. The molecule has 4 heteroatoms. The second-order valence-corrected chi connectivity index (χ2v) is 4.71. The third-order valence-electron chi connectivity index (χ3n) is 3.35. The van der Waals surface area contributed by atoms with Crippen LogP contribution in [0.25, 0.3) is 0 Å². The van der Waals surface area contributed by atoms with E-state index in [4.69, 9.17) is 0 Å². The van der Waals surface area contributed by atoms with Gasteiger partial charge in [0.15, 0.2) is 0 Å². The molecule has 1 saturated heterocycles. The molecule has 0 spiro atoms. The van der Waals surface area contributed by atoms with Gasteiger partial charge in [-0.2, -0.15) is 0 Å². The van der Waals surface area contributed by atoms with Gasteiger partial charge in [-0.3, -0.25) is 0 Å². The zero-order valence-electron chi connectivity index (χ0n) is 16.2. The molecular weight excluding hydrogens is 470 g/mol. The maximum Gasteiger partial charge on any atom is 0.0295 e. The molecule has 0 amide bonds. The summed E-state index contributed by atoms with van der Waals surface area (Å²) in [6, 6.07) is 9.58. The standard InChI is InChI=1S/C13H20N2.2C2H6.CH3.K.Re/c1-10-4-6-11(7-5-10)12-8-14-9-13(12)15(2)3;2*1-2;;;/h4-7,12-14H,8-9H2,1-3H3;2*1-2H3;1H3;;/q;;;-1;;. The Morgan fingerprint density at radius 3 is 1.82 bits per heavy atom. The number of nitrogens with zero attached hydrogens (tertiary/aromatic N) is 1. The van der Waals surface area contributed by atoms with Crippen LogP contribution < -0.4 is 5.32 Å². The van der Waals surface area contributed by atoms with E-state index >= 15 is 0 Å². The fraction of sp³-hybridized carbons (Fsp3) is 0.611. The molecule has 2 radical (unpaired) electrons. The van der Waals surface area contributed by atoms with Gasteiger partial charge in [0.2, 0.25) is 0 Å². The number of likely N-dealkylation sites (N-methyl/N-ethyl adjacent to an activating group) is 1. The van der Waals surface area contributed by atoms with Crippen LogP contribution in [-0.4, -0.2) is 89.5 Å². The first kappa shape index (κ1) is 31.2. The van der Waals surface area contributed by atoms with E-state index in [1.165, 1.54) is 11.1 Å². The minimum atomic E-state index is 0. The summed E-state index contributed by atoms with van der Waals surface area (Å²) in [5.41, 5.74) is 2.80. The Hall–Kier alpha value is 1.44. The maximum atomic E-state index is 3.48. The van der Waals surface area contributed by atoms with Gasteiger partial charge in [0.25, 0.3) is 0 Å². The van der Waals surface area contributed by atoms with Gasteiger partial charge in [-0.05, 0) is 26.6 Å². The van der Waals surface area contributed by atoms with E-state index in [0.717, 1.165) is 13.1 Å². The molecule has 2 rings (SSSR count). The van der Waals surface area contributed by atoms with E-state index < -0.39 is 0 Å². The van der Waals surface area contributed by atoms with Gasteiger partial charge in [-0.1, -0.05) is 57.5 Å². The van der Waals surface area contributed by atoms with Crippen LogP contribution in [0.1, 0.15) is 44.7 Å². The van der Waals surface area contributed by atoms with Gasteiger partial charge in [0.05, 0.1) is 0 Å². The zero-order chi connectivity index (χ0) is 14.8. The summed E-state index contributed by atoms with van der Waals surface area (Å²) >= 11 is 0. The molecule has 2 unspecified atom stereocenters. The van der Waals surface area contributed by atoms with E-state index in [9.17, 15) is 0 Å². The Morgan fingerprint density at radius 2 is 1.41 bits per heavy atom. The van der Waals surface area contributed by atoms with Crippen molar-refractivity contribution in [3.05, 3.63) is 42.8 Å². The van der Waals surface area contributed by atoms with Crippen molar-refractivity contribution in [1.82, 2.24) is 10.2 Å². The normalized spacial score (nSPS) is 18.4. The van der Waals surface area contributed by atoms with E-state index in [1.807, 2.05) is 27.7 Å². The molecule has 2 atom stereocenters. The fourth-order valence-corrected chi connectivity index (χ4v) is 2.36. The predicted molar refractivity (Wildman–Crippen MR) is 99.1 cm³/mol. The summed E-state index contributed by atoms with van der Waals surface area (Å²) < 4.78 is 0. The molecule has 1 aromatic carbocycles. The smallest absolute Gasteiger partial charge is 0.0295 e. The predicted octanol–water partition coefficient (Wildman–Crippen LogP) is 3.73. The summed E-state index contributed by atoms with van der Waals surface area (Å²) in [6.07, 6.45) is 0. The first-order valence-electron chi connectivity index (χ1n) is 7.62. The number of hydrogen-bond donors (Lipinski definition) is 1. The molecule has 1 aliphatic heterocycles. The van der Waals surface area contributed by atoms with Crippen LogP contribution in [0, 0.1) is 14.4 Å². The van der Waals surface area contributed by atoms with E-state index in [0.29, 0.717) is 12.0 Å². The summed E-state index contributed by atoms with van der Waals surface area (Å²) in [7, 11) is 4.33. The largest absolute Gasteiger partial charge is 0.358 e. The van der Waals surface area contributed by atoms with Crippen molar-refractivity contribution in [2.24, 2.45) is 0 Å². The molecule has 0 saturated carbocycles. The Morgan fingerprint density at radius 1 is 0.955 bits per heavy atom. The third-order valence-corrected chi connectivity index (χ3v) is 3.35. The number of hydrogen-bond acceptors (Lipinski definition) is 2. The van der Waals surface area contributed by atoms with Crippen LogP contribution in [0.2, 0.25) is 0 Å². The van der Waals surface area contributed by atoms with E-state index in [2.05, 4.69) is 55.5 Å². The molecule has 0 aliphatic carbocycles. The van der Waals surface area contributed by atoms with Crippen LogP contribution in [-0.2, 0) is 20.4 Å². The first-order chi connectivity index (χ1) is 9.18. The van der Waals surface area contributed by atoms with Crippen LogP contribution >= 0.6 is 0 Å². The Labute approximate surface area is 196 Å². The van der Waals surface area contributed by atoms with Crippen LogP contribution in [0.15, 0.2) is 24.3 Å². The number of benzene rings is 1. The molecule has 0 aromatic heterocycles. The van der Waals surface area contributed by atoms with Crippen molar-refractivity contribution in [3.8, 4) is 0 Å². The average Bonchev–Trinajstić information content (AvgIpc) is 2.94. The molecule has 1 aromatic rings. The first-order valence-corrected chi connectivity index (χ1v) is 7.62. The fourth-order valence-electron chi connectivity index (χ4n) is 2.36. The van der Waals surface area contributed by atoms with Crippen molar-refractivity contribution >= 4 is 51.4 Å². The Kier molecular flexibility index (Phi) is 26.7. The van der Waals surface area contributed by atoms with Gasteiger partial charge in [-0.15, -0.1) is 0 Å². The summed E-state index contributed by atoms with van der Waals surface area (Å²) in [6.45, 7) is 12.3. The molecule has 126 valence electrons. The molecule has 1 heterocycles. The van der Waals surface area contributed by atoms with Crippen molar-refractivity contribution in [2.45, 2.75) is 46.6 Å². The molecule has 0 bridgehead atoms. The average molecular weight is 505 g/mol. The van der Waals surface area contributed by atoms with Crippen molar-refractivity contribution < 1.29 is 20.4 Å². The summed E-state index contributed by atoms with van der Waals surface area (Å²) in [4.78, 5) is 2.32. The minimum Gasteiger partial charge on any atom is -0.358 e. The topological polar surface area (TPSA) is 15.3 Å². The third kappa shape index (κ3) is 10.3. The monoisotopic (exact) mass is 505 g/mol. The van der Waals surface area contributed by atoms with E-state index in [-0.39, 0.29) is 79.2 Å². The Balaban J connectivity index is -0.000000215. The zero-order valence-corrected chi connectivity index (χ0v) is 22.0. The summed E-state index contributed by atoms with van der Waals surface area (Å²) in [5.74, 6) is 0.639. The molecule has 1 fully saturated rings. The van der Waals surface area contributed by atoms with Crippen molar-refractivity contribution in [3.63, 3.8) is 0 Å². The van der Waals surface area contributed by atoms with Crippen LogP contribution in [0.5, 0.6) is 0 Å². The van der Waals surface area contributed by atoms with E-state index in [1.54, 1.807) is 0 Å². The SMILES string of the molecule is CC.CC.Cc1ccc(C2CNCC2N(C)C)cc1.[CH3-].[K].[Re]. The van der Waals surface area contributed by atoms with Gasteiger partial charge < -0.3 is 17.6 Å². The molecule has 1 N–H and O–H groups in total. The van der Waals surface area contributed by atoms with Gasteiger partial charge in [0.1, 0.15) is 0 Å². The number of rotatable bonds is 2. The van der Waals surface area contributed by atoms with Crippen LogP contribution in [0.4, 0.5) is 0 Å². The second-order valence-electron chi connectivity index (χ2n) is 4.71. The van der Waals surface area contributed by atoms with Crippen LogP contribution in [0.3, 0.4) is 0 Å². The number of aryl methyl sites for hydroxylation is 1. The Bertz CT molecular complexity index is 328. The molecule has 1 aliphatic rings. The quantitative estimate of drug-likeness (QED) is 0.488. The van der Waals surface area contributed by atoms with Gasteiger partial charge in [0, 0.05) is 96.9 Å². The minimum absolute atomic E-state index is 0. The van der Waals surface area contributed by atoms with Gasteiger partial charge >= 0.3 is 0 Å².